The van der Waals surface area contributed by atoms with Gasteiger partial charge in [0.05, 0.1) is 5.56 Å². The third-order valence-corrected chi connectivity index (χ3v) is 3.95. The Hall–Kier alpha value is -1.20. The van der Waals surface area contributed by atoms with Gasteiger partial charge < -0.3 is 10.4 Å². The van der Waals surface area contributed by atoms with Crippen LogP contribution in [0.25, 0.3) is 0 Å². The van der Waals surface area contributed by atoms with Crippen molar-refractivity contribution in [3.8, 4) is 0 Å². The average Bonchev–Trinajstić information content (AvgIpc) is 2.40. The quantitative estimate of drug-likeness (QED) is 0.852. The van der Waals surface area contributed by atoms with E-state index in [2.05, 4.69) is 10.2 Å². The first-order valence-corrected chi connectivity index (χ1v) is 7.29. The number of rotatable bonds is 5. The number of carbonyl (C=O) groups is 1. The normalized spacial score (nSPS) is 16.4. The molecule has 0 radical (unpaired) electrons. The fourth-order valence-corrected chi connectivity index (χ4v) is 2.98. The molecule has 0 bridgehead atoms. The number of benzene rings is 1. The van der Waals surface area contributed by atoms with Crippen LogP contribution in [0.4, 0.5) is 5.69 Å². The predicted molar refractivity (Wildman–Crippen MR) is 75.7 cm³/mol. The van der Waals surface area contributed by atoms with Crippen LogP contribution in [0.5, 0.6) is 0 Å². The molecule has 1 aromatic rings. The summed E-state index contributed by atoms with van der Waals surface area (Å²) in [6.07, 6.45) is 0. The average molecular weight is 266 g/mol. The highest BCUT2D eigenvalue weighted by Gasteiger charge is 2.11. The number of aromatic carboxylic acids is 1. The molecule has 0 atom stereocenters. The Kier molecular flexibility index (Phi) is 4.90. The molecule has 1 aliphatic heterocycles. The van der Waals surface area contributed by atoms with Crippen LogP contribution in [0.1, 0.15) is 10.4 Å². The van der Waals surface area contributed by atoms with Crippen molar-refractivity contribution < 1.29 is 9.90 Å². The fraction of sp³-hybridized carbons (Fsp3) is 0.462. The molecule has 0 aromatic heterocycles. The van der Waals surface area contributed by atoms with E-state index in [1.807, 2.05) is 23.9 Å². The van der Waals surface area contributed by atoms with Gasteiger partial charge in [-0.05, 0) is 12.1 Å². The second kappa shape index (κ2) is 6.66. The molecule has 18 heavy (non-hydrogen) atoms. The van der Waals surface area contributed by atoms with E-state index in [0.29, 0.717) is 11.3 Å². The Morgan fingerprint density at radius 3 is 2.78 bits per heavy atom. The van der Waals surface area contributed by atoms with E-state index in [-0.39, 0.29) is 0 Å². The van der Waals surface area contributed by atoms with Gasteiger partial charge in [0.2, 0.25) is 0 Å². The summed E-state index contributed by atoms with van der Waals surface area (Å²) >= 11 is 2.00. The van der Waals surface area contributed by atoms with Crippen molar-refractivity contribution in [2.24, 2.45) is 0 Å². The minimum absolute atomic E-state index is 0.340. The fourth-order valence-electron chi connectivity index (χ4n) is 2.00. The molecule has 0 aliphatic carbocycles. The first kappa shape index (κ1) is 13.2. The zero-order valence-electron chi connectivity index (χ0n) is 10.3. The minimum atomic E-state index is -0.882. The Bertz CT molecular complexity index is 406. The van der Waals surface area contributed by atoms with E-state index in [1.54, 1.807) is 12.1 Å². The van der Waals surface area contributed by atoms with Crippen molar-refractivity contribution in [2.75, 3.05) is 43.0 Å². The summed E-state index contributed by atoms with van der Waals surface area (Å²) in [5.74, 6) is 1.52. The summed E-state index contributed by atoms with van der Waals surface area (Å²) < 4.78 is 0. The second-order valence-corrected chi connectivity index (χ2v) is 5.46. The third kappa shape index (κ3) is 3.65. The smallest absolute Gasteiger partial charge is 0.337 e. The van der Waals surface area contributed by atoms with Gasteiger partial charge in [-0.2, -0.15) is 11.8 Å². The molecule has 0 spiro atoms. The van der Waals surface area contributed by atoms with Gasteiger partial charge in [-0.25, -0.2) is 4.79 Å². The molecular formula is C13H18N2O2S. The van der Waals surface area contributed by atoms with Crippen LogP contribution in [-0.4, -0.2) is 53.7 Å². The molecule has 1 aliphatic rings. The van der Waals surface area contributed by atoms with Gasteiger partial charge in [0.15, 0.2) is 0 Å². The molecule has 1 fully saturated rings. The van der Waals surface area contributed by atoms with Crippen LogP contribution in [0.2, 0.25) is 0 Å². The standard InChI is InChI=1S/C13H18N2O2S/c16-13(17)11-3-1-2-4-12(11)14-5-6-15-7-9-18-10-8-15/h1-4,14H,5-10H2,(H,16,17). The van der Waals surface area contributed by atoms with Crippen molar-refractivity contribution in [2.45, 2.75) is 0 Å². The SMILES string of the molecule is O=C(O)c1ccccc1NCCN1CCSCC1. The van der Waals surface area contributed by atoms with E-state index in [9.17, 15) is 4.79 Å². The lowest BCUT2D eigenvalue weighted by molar-refractivity contribution is 0.0698. The van der Waals surface area contributed by atoms with Gasteiger partial charge in [-0.3, -0.25) is 4.90 Å². The minimum Gasteiger partial charge on any atom is -0.478 e. The number of hydrogen-bond donors (Lipinski definition) is 2. The van der Waals surface area contributed by atoms with Crippen LogP contribution in [-0.2, 0) is 0 Å². The zero-order chi connectivity index (χ0) is 12.8. The van der Waals surface area contributed by atoms with Crippen molar-refractivity contribution in [3.63, 3.8) is 0 Å². The maximum atomic E-state index is 11.0. The number of anilines is 1. The molecule has 0 unspecified atom stereocenters. The van der Waals surface area contributed by atoms with Crippen LogP contribution in [0.3, 0.4) is 0 Å². The van der Waals surface area contributed by atoms with E-state index in [0.717, 1.165) is 26.2 Å². The number of nitrogens with one attached hydrogen (secondary N) is 1. The Morgan fingerprint density at radius 1 is 1.33 bits per heavy atom. The topological polar surface area (TPSA) is 52.6 Å². The lowest BCUT2D eigenvalue weighted by Crippen LogP contribution is -2.36. The largest absolute Gasteiger partial charge is 0.478 e. The Balaban J connectivity index is 1.84. The molecule has 1 heterocycles. The van der Waals surface area contributed by atoms with E-state index in [4.69, 9.17) is 5.11 Å². The third-order valence-electron chi connectivity index (χ3n) is 3.00. The molecule has 5 heteroatoms. The maximum Gasteiger partial charge on any atom is 0.337 e. The first-order valence-electron chi connectivity index (χ1n) is 6.13. The summed E-state index contributed by atoms with van der Waals surface area (Å²) in [7, 11) is 0. The molecule has 1 saturated heterocycles. The van der Waals surface area contributed by atoms with Crippen LogP contribution in [0, 0.1) is 0 Å². The number of thioether (sulfide) groups is 1. The summed E-state index contributed by atoms with van der Waals surface area (Å²) in [5.41, 5.74) is 1.04. The van der Waals surface area contributed by atoms with Gasteiger partial charge in [0.25, 0.3) is 0 Å². The lowest BCUT2D eigenvalue weighted by Gasteiger charge is -2.26. The first-order chi connectivity index (χ1) is 8.77. The Morgan fingerprint density at radius 2 is 2.06 bits per heavy atom. The number of carboxylic acids is 1. The molecule has 1 aromatic carbocycles. The van der Waals surface area contributed by atoms with Gasteiger partial charge in [0, 0.05) is 43.4 Å². The van der Waals surface area contributed by atoms with Gasteiger partial charge in [0.1, 0.15) is 0 Å². The molecule has 2 rings (SSSR count). The van der Waals surface area contributed by atoms with Crippen molar-refractivity contribution in [1.29, 1.82) is 0 Å². The molecule has 2 N–H and O–H groups in total. The summed E-state index contributed by atoms with van der Waals surface area (Å²) in [6.45, 7) is 4.02. The van der Waals surface area contributed by atoms with E-state index in [1.165, 1.54) is 11.5 Å². The van der Waals surface area contributed by atoms with Crippen LogP contribution >= 0.6 is 11.8 Å². The van der Waals surface area contributed by atoms with Gasteiger partial charge in [-0.1, -0.05) is 12.1 Å². The summed E-state index contributed by atoms with van der Waals surface area (Å²) in [6, 6.07) is 7.04. The lowest BCUT2D eigenvalue weighted by atomic mass is 10.2. The van der Waals surface area contributed by atoms with Crippen molar-refractivity contribution in [3.05, 3.63) is 29.8 Å². The maximum absolute atomic E-state index is 11.0. The summed E-state index contributed by atoms with van der Waals surface area (Å²) in [5, 5.41) is 12.3. The number of para-hydroxylation sites is 1. The number of nitrogens with zero attached hydrogens (tertiary/aromatic N) is 1. The van der Waals surface area contributed by atoms with Crippen molar-refractivity contribution in [1.82, 2.24) is 4.90 Å². The monoisotopic (exact) mass is 266 g/mol. The van der Waals surface area contributed by atoms with Crippen LogP contribution in [0.15, 0.2) is 24.3 Å². The summed E-state index contributed by atoms with van der Waals surface area (Å²) in [4.78, 5) is 13.4. The molecule has 98 valence electrons. The van der Waals surface area contributed by atoms with Crippen molar-refractivity contribution >= 4 is 23.4 Å². The van der Waals surface area contributed by atoms with Crippen LogP contribution < -0.4 is 5.32 Å². The predicted octanol–water partition coefficient (Wildman–Crippen LogP) is 1.85. The zero-order valence-corrected chi connectivity index (χ0v) is 11.1. The molecule has 0 saturated carbocycles. The number of hydrogen-bond acceptors (Lipinski definition) is 4. The Labute approximate surface area is 111 Å². The highest BCUT2D eigenvalue weighted by molar-refractivity contribution is 7.99. The molecular weight excluding hydrogens is 248 g/mol. The second-order valence-electron chi connectivity index (χ2n) is 4.23. The van der Waals surface area contributed by atoms with Gasteiger partial charge in [-0.15, -0.1) is 0 Å². The highest BCUT2D eigenvalue weighted by Crippen LogP contribution is 2.14. The molecule has 0 amide bonds. The number of carboxylic acid groups (broad SMARTS) is 1. The van der Waals surface area contributed by atoms with E-state index >= 15 is 0 Å². The highest BCUT2D eigenvalue weighted by atomic mass is 32.2. The van der Waals surface area contributed by atoms with E-state index < -0.39 is 5.97 Å². The van der Waals surface area contributed by atoms with Gasteiger partial charge >= 0.3 is 5.97 Å². The molecule has 4 nitrogen and oxygen atoms in total.